The maximum absolute atomic E-state index is 13.3. The molecule has 32 heavy (non-hydrogen) atoms. The van der Waals surface area contributed by atoms with Gasteiger partial charge < -0.3 is 19.5 Å². The summed E-state index contributed by atoms with van der Waals surface area (Å²) in [5.74, 6) is 0.764. The molecule has 1 aromatic heterocycles. The third-order valence-electron chi connectivity index (χ3n) is 5.75. The fourth-order valence-electron chi connectivity index (χ4n) is 4.12. The van der Waals surface area contributed by atoms with Gasteiger partial charge in [-0.2, -0.15) is 5.10 Å². The van der Waals surface area contributed by atoms with E-state index in [-0.39, 0.29) is 17.7 Å². The van der Waals surface area contributed by atoms with Crippen molar-refractivity contribution >= 4 is 5.91 Å². The molecule has 2 aromatic carbocycles. The Kier molecular flexibility index (Phi) is 6.46. The molecule has 2 N–H and O–H groups in total. The number of aryl methyl sites for hydroxylation is 1. The summed E-state index contributed by atoms with van der Waals surface area (Å²) in [5.41, 5.74) is 4.31. The fraction of sp³-hybridized carbons (Fsp3) is 0.360. The molecule has 3 aromatic rings. The van der Waals surface area contributed by atoms with Gasteiger partial charge in [0, 0.05) is 24.8 Å². The van der Waals surface area contributed by atoms with Crippen molar-refractivity contribution in [3.8, 4) is 22.8 Å². The molecule has 0 bridgehead atoms. The number of hydrogen-bond donors (Lipinski definition) is 2. The van der Waals surface area contributed by atoms with Crippen molar-refractivity contribution in [1.82, 2.24) is 15.1 Å². The molecule has 0 aliphatic carbocycles. The number of amides is 1. The lowest BCUT2D eigenvalue weighted by atomic mass is 9.95. The highest BCUT2D eigenvalue weighted by atomic mass is 16.5. The number of rotatable bonds is 9. The van der Waals surface area contributed by atoms with Crippen LogP contribution in [0.25, 0.3) is 11.3 Å². The van der Waals surface area contributed by atoms with Crippen molar-refractivity contribution in [2.75, 3.05) is 26.9 Å². The Morgan fingerprint density at radius 3 is 2.81 bits per heavy atom. The highest BCUT2D eigenvalue weighted by Crippen LogP contribution is 2.44. The third-order valence-corrected chi connectivity index (χ3v) is 5.75. The molecule has 0 saturated heterocycles. The Bertz CT molecular complexity index is 1110. The monoisotopic (exact) mass is 435 g/mol. The number of aromatic nitrogens is 2. The number of phenolic OH excluding ortho intramolecular Hbond substituents is 1. The van der Waals surface area contributed by atoms with E-state index in [1.54, 1.807) is 18.1 Å². The van der Waals surface area contributed by atoms with Crippen LogP contribution in [0.4, 0.5) is 0 Å². The van der Waals surface area contributed by atoms with Crippen LogP contribution in [0.3, 0.4) is 0 Å². The SMILES string of the molecule is CCCCOc1cccc([C@H]2c3c(-c4cc(C)ccc4O)n[nH]c3C(=O)N2CCOC)c1. The van der Waals surface area contributed by atoms with Gasteiger partial charge in [0.2, 0.25) is 0 Å². The van der Waals surface area contributed by atoms with E-state index in [9.17, 15) is 9.90 Å². The van der Waals surface area contributed by atoms with Crippen LogP contribution in [0.1, 0.15) is 53.0 Å². The summed E-state index contributed by atoms with van der Waals surface area (Å²) in [6.45, 7) is 5.58. The van der Waals surface area contributed by atoms with Crippen LogP contribution in [0.5, 0.6) is 11.5 Å². The topological polar surface area (TPSA) is 87.7 Å². The summed E-state index contributed by atoms with van der Waals surface area (Å²) in [4.78, 5) is 15.1. The normalized spacial score (nSPS) is 15.3. The minimum atomic E-state index is -0.365. The molecule has 7 nitrogen and oxygen atoms in total. The first kappa shape index (κ1) is 21.9. The molecule has 4 rings (SSSR count). The number of carbonyl (C=O) groups excluding carboxylic acids is 1. The molecule has 0 radical (unpaired) electrons. The van der Waals surface area contributed by atoms with E-state index in [2.05, 4.69) is 17.1 Å². The minimum absolute atomic E-state index is 0.128. The zero-order valence-corrected chi connectivity index (χ0v) is 18.7. The molecule has 2 heterocycles. The van der Waals surface area contributed by atoms with Crippen LogP contribution in [0.15, 0.2) is 42.5 Å². The number of aromatic hydroxyl groups is 1. The minimum Gasteiger partial charge on any atom is -0.507 e. The van der Waals surface area contributed by atoms with Crippen molar-refractivity contribution in [2.24, 2.45) is 0 Å². The predicted molar refractivity (Wildman–Crippen MR) is 122 cm³/mol. The summed E-state index contributed by atoms with van der Waals surface area (Å²) < 4.78 is 11.2. The summed E-state index contributed by atoms with van der Waals surface area (Å²) in [5, 5.41) is 17.9. The Balaban J connectivity index is 1.81. The summed E-state index contributed by atoms with van der Waals surface area (Å²) in [7, 11) is 1.62. The largest absolute Gasteiger partial charge is 0.507 e. The lowest BCUT2D eigenvalue weighted by molar-refractivity contribution is 0.0677. The van der Waals surface area contributed by atoms with E-state index in [4.69, 9.17) is 9.47 Å². The highest BCUT2D eigenvalue weighted by molar-refractivity contribution is 6.00. The zero-order valence-electron chi connectivity index (χ0n) is 18.7. The lowest BCUT2D eigenvalue weighted by Crippen LogP contribution is -2.32. The lowest BCUT2D eigenvalue weighted by Gasteiger charge is -2.26. The van der Waals surface area contributed by atoms with Crippen molar-refractivity contribution in [3.05, 3.63) is 64.8 Å². The average molecular weight is 436 g/mol. The van der Waals surface area contributed by atoms with Crippen molar-refractivity contribution in [2.45, 2.75) is 32.7 Å². The number of nitrogens with one attached hydrogen (secondary N) is 1. The number of aromatic amines is 1. The zero-order chi connectivity index (χ0) is 22.7. The van der Waals surface area contributed by atoms with Gasteiger partial charge in [0.05, 0.1) is 19.3 Å². The van der Waals surface area contributed by atoms with Crippen molar-refractivity contribution < 1.29 is 19.4 Å². The van der Waals surface area contributed by atoms with Crippen molar-refractivity contribution in [1.29, 1.82) is 0 Å². The van der Waals surface area contributed by atoms with Gasteiger partial charge in [-0.1, -0.05) is 37.1 Å². The van der Waals surface area contributed by atoms with Gasteiger partial charge in [-0.3, -0.25) is 9.89 Å². The molecular formula is C25H29N3O4. The van der Waals surface area contributed by atoms with E-state index in [0.29, 0.717) is 36.7 Å². The number of ether oxygens (including phenoxy) is 2. The van der Waals surface area contributed by atoms with E-state index in [1.165, 1.54) is 0 Å². The van der Waals surface area contributed by atoms with Crippen LogP contribution < -0.4 is 4.74 Å². The first-order valence-electron chi connectivity index (χ1n) is 11.0. The summed E-state index contributed by atoms with van der Waals surface area (Å²) in [6.07, 6.45) is 2.04. The molecule has 0 saturated carbocycles. The maximum atomic E-state index is 13.3. The Morgan fingerprint density at radius 2 is 2.03 bits per heavy atom. The number of carbonyl (C=O) groups is 1. The number of phenols is 1. The Morgan fingerprint density at radius 1 is 1.19 bits per heavy atom. The van der Waals surface area contributed by atoms with E-state index in [1.807, 2.05) is 43.3 Å². The van der Waals surface area contributed by atoms with Crippen LogP contribution in [-0.4, -0.2) is 53.0 Å². The van der Waals surface area contributed by atoms with Gasteiger partial charge in [0.15, 0.2) is 0 Å². The second-order valence-electron chi connectivity index (χ2n) is 8.05. The van der Waals surface area contributed by atoms with Gasteiger partial charge in [-0.15, -0.1) is 0 Å². The molecule has 0 unspecified atom stereocenters. The number of benzene rings is 2. The van der Waals surface area contributed by atoms with Gasteiger partial charge in [-0.05, 0) is 43.2 Å². The quantitative estimate of drug-likeness (QED) is 0.485. The Labute approximate surface area is 188 Å². The maximum Gasteiger partial charge on any atom is 0.273 e. The molecule has 1 atom stereocenters. The first-order chi connectivity index (χ1) is 15.5. The van der Waals surface area contributed by atoms with Crippen LogP contribution in [0, 0.1) is 6.92 Å². The molecule has 7 heteroatoms. The second kappa shape index (κ2) is 9.44. The molecule has 1 amide bonds. The smallest absolute Gasteiger partial charge is 0.273 e. The predicted octanol–water partition coefficient (Wildman–Crippen LogP) is 4.46. The third kappa shape index (κ3) is 4.08. The van der Waals surface area contributed by atoms with Gasteiger partial charge in [-0.25, -0.2) is 0 Å². The molecule has 0 fully saturated rings. The van der Waals surface area contributed by atoms with Crippen LogP contribution in [0.2, 0.25) is 0 Å². The van der Waals surface area contributed by atoms with Gasteiger partial charge in [0.1, 0.15) is 22.9 Å². The average Bonchev–Trinajstić information content (AvgIpc) is 3.33. The summed E-state index contributed by atoms with van der Waals surface area (Å²) in [6, 6.07) is 12.9. The number of methoxy groups -OCH3 is 1. The number of hydrogen-bond acceptors (Lipinski definition) is 5. The number of nitrogens with zero attached hydrogens (tertiary/aromatic N) is 2. The Hall–Kier alpha value is -3.32. The van der Waals surface area contributed by atoms with Crippen molar-refractivity contribution in [3.63, 3.8) is 0 Å². The molecular weight excluding hydrogens is 406 g/mol. The highest BCUT2D eigenvalue weighted by Gasteiger charge is 2.42. The first-order valence-corrected chi connectivity index (χ1v) is 11.0. The van der Waals surface area contributed by atoms with Gasteiger partial charge >= 0.3 is 0 Å². The number of fused-ring (bicyclic) bond motifs is 1. The second-order valence-corrected chi connectivity index (χ2v) is 8.05. The number of unbranched alkanes of at least 4 members (excludes halogenated alkanes) is 1. The number of H-pyrrole nitrogens is 1. The van der Waals surface area contributed by atoms with Crippen LogP contribution >= 0.6 is 0 Å². The molecule has 168 valence electrons. The molecule has 0 spiro atoms. The van der Waals surface area contributed by atoms with E-state index < -0.39 is 0 Å². The molecule has 1 aliphatic heterocycles. The van der Waals surface area contributed by atoms with E-state index >= 15 is 0 Å². The van der Waals surface area contributed by atoms with Gasteiger partial charge in [0.25, 0.3) is 5.91 Å². The standard InChI is InChI=1S/C25H29N3O4/c1-4-5-12-32-18-8-6-7-17(15-18)24-21-22(19-14-16(2)9-10-20(19)29)26-27-23(21)25(30)28(24)11-13-31-3/h6-10,14-15,24,29H,4-5,11-13H2,1-3H3,(H,26,27)/t24-/m0/s1. The summed E-state index contributed by atoms with van der Waals surface area (Å²) >= 11 is 0. The van der Waals surface area contributed by atoms with E-state index in [0.717, 1.165) is 35.3 Å². The van der Waals surface area contributed by atoms with Crippen LogP contribution in [-0.2, 0) is 4.74 Å². The fourth-order valence-corrected chi connectivity index (χ4v) is 4.12. The molecule has 1 aliphatic rings.